The van der Waals surface area contributed by atoms with Crippen LogP contribution in [0.3, 0.4) is 0 Å². The van der Waals surface area contributed by atoms with Crippen LogP contribution in [0.25, 0.3) is 0 Å². The summed E-state index contributed by atoms with van der Waals surface area (Å²) < 4.78 is 24.6. The number of carbonyl (C=O) groups excluding carboxylic acids is 1. The predicted octanol–water partition coefficient (Wildman–Crippen LogP) is -0.0521. The van der Waals surface area contributed by atoms with Crippen molar-refractivity contribution in [3.8, 4) is 0 Å². The van der Waals surface area contributed by atoms with E-state index in [1.807, 2.05) is 13.8 Å². The number of rotatable bonds is 7. The van der Waals surface area contributed by atoms with Gasteiger partial charge in [0, 0.05) is 12.1 Å². The van der Waals surface area contributed by atoms with E-state index in [1.54, 1.807) is 0 Å². The first kappa shape index (κ1) is 17.3. The lowest BCUT2D eigenvalue weighted by Crippen LogP contribution is -2.58. The van der Waals surface area contributed by atoms with E-state index in [-0.39, 0.29) is 5.91 Å². The molecule has 0 aromatic carbocycles. The van der Waals surface area contributed by atoms with Crippen molar-refractivity contribution in [2.24, 2.45) is 5.73 Å². The van der Waals surface area contributed by atoms with Crippen LogP contribution in [0.4, 0.5) is 0 Å². The zero-order valence-corrected chi connectivity index (χ0v) is 12.6. The van der Waals surface area contributed by atoms with Crippen molar-refractivity contribution >= 4 is 15.9 Å². The largest absolute Gasteiger partial charge is 0.353 e. The maximum Gasteiger partial charge on any atom is 0.240 e. The number of nitrogens with one attached hydrogen (secondary N) is 2. The van der Waals surface area contributed by atoms with Gasteiger partial charge in [0.15, 0.2) is 0 Å². The molecule has 0 saturated heterocycles. The first-order chi connectivity index (χ1) is 7.96. The van der Waals surface area contributed by atoms with Crippen LogP contribution >= 0.6 is 0 Å². The number of nitrogens with two attached hydrogens (primary N) is 1. The van der Waals surface area contributed by atoms with Gasteiger partial charge in [0.25, 0.3) is 0 Å². The Hall–Kier alpha value is -0.660. The van der Waals surface area contributed by atoms with E-state index in [2.05, 4.69) is 10.0 Å². The van der Waals surface area contributed by atoms with Gasteiger partial charge in [0.2, 0.25) is 15.9 Å². The summed E-state index contributed by atoms with van der Waals surface area (Å²) >= 11 is 0. The summed E-state index contributed by atoms with van der Waals surface area (Å²) in [4.78, 5) is 11.9. The lowest BCUT2D eigenvalue weighted by atomic mass is 9.94. The molecule has 0 bridgehead atoms. The van der Waals surface area contributed by atoms with Crippen LogP contribution in [-0.4, -0.2) is 38.2 Å². The highest BCUT2D eigenvalue weighted by molar-refractivity contribution is 7.88. The Balaban J connectivity index is 4.59. The van der Waals surface area contributed by atoms with Gasteiger partial charge in [-0.15, -0.1) is 0 Å². The molecule has 0 aromatic rings. The third-order valence-electron chi connectivity index (χ3n) is 3.02. The Morgan fingerprint density at radius 2 is 1.67 bits per heavy atom. The average molecular weight is 279 g/mol. The van der Waals surface area contributed by atoms with Crippen molar-refractivity contribution in [3.63, 3.8) is 0 Å². The molecule has 0 aliphatic carbocycles. The van der Waals surface area contributed by atoms with Crippen molar-refractivity contribution in [2.45, 2.75) is 51.6 Å². The minimum Gasteiger partial charge on any atom is -0.353 e. The molecule has 0 heterocycles. The van der Waals surface area contributed by atoms with Gasteiger partial charge in [-0.05, 0) is 26.7 Å². The maximum atomic E-state index is 11.9. The van der Waals surface area contributed by atoms with E-state index >= 15 is 0 Å². The van der Waals surface area contributed by atoms with E-state index in [4.69, 9.17) is 5.73 Å². The van der Waals surface area contributed by atoms with E-state index in [0.29, 0.717) is 6.54 Å². The molecule has 0 aromatic heterocycles. The summed E-state index contributed by atoms with van der Waals surface area (Å²) in [5.41, 5.74) is 4.43. The molecule has 0 aliphatic rings. The SMILES string of the molecule is CCC(N)(CC)CNC(=O)C(C)(C)NS(C)(=O)=O. The summed E-state index contributed by atoms with van der Waals surface area (Å²) in [5.74, 6) is -0.385. The molecule has 0 saturated carbocycles. The molecule has 6 nitrogen and oxygen atoms in total. The predicted molar refractivity (Wildman–Crippen MR) is 72.6 cm³/mol. The standard InChI is InChI=1S/C11H25N3O3S/c1-6-11(12,7-2)8-13-9(15)10(3,4)14-18(5,16)17/h14H,6-8,12H2,1-5H3,(H,13,15). The molecule has 0 aliphatic heterocycles. The molecular weight excluding hydrogens is 254 g/mol. The quantitative estimate of drug-likeness (QED) is 0.608. The maximum absolute atomic E-state index is 11.9. The van der Waals surface area contributed by atoms with Crippen molar-refractivity contribution < 1.29 is 13.2 Å². The van der Waals surface area contributed by atoms with E-state index < -0.39 is 21.1 Å². The van der Waals surface area contributed by atoms with E-state index in [9.17, 15) is 13.2 Å². The van der Waals surface area contributed by atoms with Crippen molar-refractivity contribution in [1.29, 1.82) is 0 Å². The van der Waals surface area contributed by atoms with Gasteiger partial charge in [0.05, 0.1) is 6.26 Å². The van der Waals surface area contributed by atoms with Gasteiger partial charge >= 0.3 is 0 Å². The Kier molecular flexibility index (Phi) is 5.77. The van der Waals surface area contributed by atoms with Crippen molar-refractivity contribution in [1.82, 2.24) is 10.0 Å². The molecule has 0 spiro atoms. The van der Waals surface area contributed by atoms with Gasteiger partial charge < -0.3 is 11.1 Å². The highest BCUT2D eigenvalue weighted by Crippen LogP contribution is 2.11. The summed E-state index contributed by atoms with van der Waals surface area (Å²) in [6.45, 7) is 7.26. The Labute approximate surface area is 110 Å². The second-order valence-electron chi connectivity index (χ2n) is 5.25. The topological polar surface area (TPSA) is 101 Å². The normalized spacial score (nSPS) is 13.4. The molecule has 0 rings (SSSR count). The van der Waals surface area contributed by atoms with Crippen molar-refractivity contribution in [2.75, 3.05) is 12.8 Å². The molecule has 1 amide bonds. The fourth-order valence-corrected chi connectivity index (χ4v) is 2.51. The van der Waals surface area contributed by atoms with Crippen LogP contribution in [-0.2, 0) is 14.8 Å². The molecule has 0 fully saturated rings. The Bertz CT molecular complexity index is 386. The second kappa shape index (κ2) is 5.99. The average Bonchev–Trinajstić information content (AvgIpc) is 2.22. The third kappa shape index (κ3) is 5.79. The number of hydrogen-bond donors (Lipinski definition) is 3. The van der Waals surface area contributed by atoms with Gasteiger partial charge in [0.1, 0.15) is 5.54 Å². The van der Waals surface area contributed by atoms with E-state index in [1.165, 1.54) is 13.8 Å². The minimum absolute atomic E-state index is 0.327. The van der Waals surface area contributed by atoms with Crippen LogP contribution < -0.4 is 15.8 Å². The zero-order valence-electron chi connectivity index (χ0n) is 11.8. The Morgan fingerprint density at radius 3 is 2.00 bits per heavy atom. The number of sulfonamides is 1. The minimum atomic E-state index is -3.43. The Morgan fingerprint density at radius 1 is 1.22 bits per heavy atom. The molecule has 108 valence electrons. The monoisotopic (exact) mass is 279 g/mol. The molecule has 0 atom stereocenters. The molecule has 0 radical (unpaired) electrons. The lowest BCUT2D eigenvalue weighted by molar-refractivity contribution is -0.126. The van der Waals surface area contributed by atoms with Crippen LogP contribution in [0.15, 0.2) is 0 Å². The van der Waals surface area contributed by atoms with Gasteiger partial charge in [-0.25, -0.2) is 13.1 Å². The van der Waals surface area contributed by atoms with Gasteiger partial charge in [-0.3, -0.25) is 4.79 Å². The van der Waals surface area contributed by atoms with Crippen LogP contribution in [0.2, 0.25) is 0 Å². The molecule has 4 N–H and O–H groups in total. The first-order valence-electron chi connectivity index (χ1n) is 6.02. The summed E-state index contributed by atoms with van der Waals surface area (Å²) in [6.07, 6.45) is 2.50. The molecule has 0 unspecified atom stereocenters. The fourth-order valence-electron chi connectivity index (χ4n) is 1.49. The van der Waals surface area contributed by atoms with E-state index in [0.717, 1.165) is 19.1 Å². The summed E-state index contributed by atoms with van der Waals surface area (Å²) in [5, 5.41) is 2.70. The summed E-state index contributed by atoms with van der Waals surface area (Å²) in [7, 11) is -3.43. The van der Waals surface area contributed by atoms with Crippen LogP contribution in [0.1, 0.15) is 40.5 Å². The lowest BCUT2D eigenvalue weighted by Gasteiger charge is -2.30. The smallest absolute Gasteiger partial charge is 0.240 e. The third-order valence-corrected chi connectivity index (χ3v) is 3.90. The fraction of sp³-hybridized carbons (Fsp3) is 0.909. The molecule has 18 heavy (non-hydrogen) atoms. The second-order valence-corrected chi connectivity index (χ2v) is 7.00. The van der Waals surface area contributed by atoms with Crippen molar-refractivity contribution in [3.05, 3.63) is 0 Å². The summed E-state index contributed by atoms with van der Waals surface area (Å²) in [6, 6.07) is 0. The number of carbonyl (C=O) groups is 1. The molecular formula is C11H25N3O3S. The number of amides is 1. The number of hydrogen-bond acceptors (Lipinski definition) is 4. The first-order valence-corrected chi connectivity index (χ1v) is 7.91. The van der Waals surface area contributed by atoms with Crippen LogP contribution in [0, 0.1) is 0 Å². The highest BCUT2D eigenvalue weighted by atomic mass is 32.2. The highest BCUT2D eigenvalue weighted by Gasteiger charge is 2.32. The molecule has 7 heteroatoms. The zero-order chi connectivity index (χ0) is 14.6. The van der Waals surface area contributed by atoms with Gasteiger partial charge in [-0.1, -0.05) is 13.8 Å². The van der Waals surface area contributed by atoms with Gasteiger partial charge in [-0.2, -0.15) is 0 Å². The van der Waals surface area contributed by atoms with Crippen LogP contribution in [0.5, 0.6) is 0 Å².